The highest BCUT2D eigenvalue weighted by Crippen LogP contribution is 2.33. The second kappa shape index (κ2) is 4.78. The van der Waals surface area contributed by atoms with Crippen molar-refractivity contribution < 1.29 is 8.42 Å². The molecule has 100 valence electrons. The quantitative estimate of drug-likeness (QED) is 0.804. The van der Waals surface area contributed by atoms with E-state index < -0.39 is 10.0 Å². The van der Waals surface area contributed by atoms with Crippen LogP contribution in [0.2, 0.25) is 0 Å². The number of nitrogen functional groups attached to an aromatic ring is 1. The summed E-state index contributed by atoms with van der Waals surface area (Å²) in [6.45, 7) is 0. The highest BCUT2D eigenvalue weighted by Gasteiger charge is 2.24. The van der Waals surface area contributed by atoms with Crippen molar-refractivity contribution in [2.75, 3.05) is 24.7 Å². The summed E-state index contributed by atoms with van der Waals surface area (Å²) in [7, 11) is -0.0502. The van der Waals surface area contributed by atoms with Crippen molar-refractivity contribution in [1.82, 2.24) is 4.72 Å². The van der Waals surface area contributed by atoms with Crippen LogP contribution in [0.5, 0.6) is 0 Å². The first kappa shape index (κ1) is 13.2. The predicted octanol–water partition coefficient (Wildman–Crippen LogP) is 1.17. The molecule has 1 aromatic carbocycles. The molecule has 0 aromatic heterocycles. The number of benzene rings is 1. The Morgan fingerprint density at radius 2 is 2.06 bits per heavy atom. The van der Waals surface area contributed by atoms with Crippen LogP contribution in [-0.4, -0.2) is 28.6 Å². The van der Waals surface area contributed by atoms with Crippen molar-refractivity contribution in [3.63, 3.8) is 0 Å². The van der Waals surface area contributed by atoms with E-state index in [9.17, 15) is 8.42 Å². The normalized spacial score (nSPS) is 16.3. The van der Waals surface area contributed by atoms with Crippen LogP contribution in [0.4, 0.5) is 11.4 Å². The Bertz CT molecular complexity index is 538. The molecule has 1 fully saturated rings. The average molecular weight is 269 g/mol. The molecule has 0 heterocycles. The van der Waals surface area contributed by atoms with Crippen molar-refractivity contribution >= 4 is 21.4 Å². The predicted molar refractivity (Wildman–Crippen MR) is 73.1 cm³/mol. The summed E-state index contributed by atoms with van der Waals surface area (Å²) in [4.78, 5) is 2.33. The lowest BCUT2D eigenvalue weighted by atomic mass is 9.91. The van der Waals surface area contributed by atoms with Gasteiger partial charge in [0.2, 0.25) is 10.0 Å². The lowest BCUT2D eigenvalue weighted by Crippen LogP contribution is -2.37. The smallest absolute Gasteiger partial charge is 0.240 e. The number of rotatable bonds is 4. The van der Waals surface area contributed by atoms with Gasteiger partial charge in [0, 0.05) is 13.1 Å². The van der Waals surface area contributed by atoms with Gasteiger partial charge in [0.15, 0.2) is 0 Å². The number of nitrogens with two attached hydrogens (primary N) is 1. The minimum atomic E-state index is -3.42. The molecule has 5 nitrogen and oxygen atoms in total. The molecule has 3 N–H and O–H groups in total. The summed E-state index contributed by atoms with van der Waals surface area (Å²) < 4.78 is 25.9. The van der Waals surface area contributed by atoms with Gasteiger partial charge in [-0.3, -0.25) is 0 Å². The fourth-order valence-electron chi connectivity index (χ4n) is 2.08. The highest BCUT2D eigenvalue weighted by molar-refractivity contribution is 7.89. The number of anilines is 2. The van der Waals surface area contributed by atoms with Gasteiger partial charge in [0.25, 0.3) is 0 Å². The molecule has 1 saturated carbocycles. The fraction of sp³-hybridized carbons (Fsp3) is 0.500. The van der Waals surface area contributed by atoms with Crippen LogP contribution in [0.25, 0.3) is 0 Å². The molecule has 0 saturated heterocycles. The lowest BCUT2D eigenvalue weighted by molar-refractivity contribution is 0.401. The van der Waals surface area contributed by atoms with Gasteiger partial charge in [-0.15, -0.1) is 0 Å². The molecular formula is C12H19N3O2S. The molecule has 0 radical (unpaired) electrons. The molecule has 0 aliphatic heterocycles. The Kier molecular flexibility index (Phi) is 3.49. The van der Waals surface area contributed by atoms with Crippen LogP contribution >= 0.6 is 0 Å². The van der Waals surface area contributed by atoms with E-state index in [2.05, 4.69) is 9.62 Å². The summed E-state index contributed by atoms with van der Waals surface area (Å²) in [5.74, 6) is 0. The maximum Gasteiger partial charge on any atom is 0.240 e. The Morgan fingerprint density at radius 1 is 1.39 bits per heavy atom. The SMILES string of the molecule is CNS(=O)(=O)c1ccc(N)c(N(C)C2CCC2)c1. The molecule has 0 spiro atoms. The van der Waals surface area contributed by atoms with Gasteiger partial charge in [-0.05, 0) is 44.5 Å². The van der Waals surface area contributed by atoms with Gasteiger partial charge in [-0.2, -0.15) is 0 Å². The molecule has 2 rings (SSSR count). The molecule has 6 heteroatoms. The van der Waals surface area contributed by atoms with Gasteiger partial charge in [0.1, 0.15) is 0 Å². The Morgan fingerprint density at radius 3 is 2.56 bits per heavy atom. The summed E-state index contributed by atoms with van der Waals surface area (Å²) in [5, 5.41) is 0. The number of sulfonamides is 1. The van der Waals surface area contributed by atoms with E-state index in [1.807, 2.05) is 7.05 Å². The van der Waals surface area contributed by atoms with Gasteiger partial charge in [-0.1, -0.05) is 0 Å². The van der Waals surface area contributed by atoms with E-state index in [0.29, 0.717) is 11.7 Å². The van der Waals surface area contributed by atoms with Crippen LogP contribution in [0.1, 0.15) is 19.3 Å². The van der Waals surface area contributed by atoms with Crippen LogP contribution < -0.4 is 15.4 Å². The summed E-state index contributed by atoms with van der Waals surface area (Å²) in [6, 6.07) is 5.29. The number of hydrogen-bond donors (Lipinski definition) is 2. The Labute approximate surface area is 108 Å². The second-order valence-electron chi connectivity index (χ2n) is 4.62. The largest absolute Gasteiger partial charge is 0.397 e. The minimum absolute atomic E-state index is 0.250. The average Bonchev–Trinajstić information content (AvgIpc) is 2.26. The maximum absolute atomic E-state index is 11.8. The Balaban J connectivity index is 2.38. The van der Waals surface area contributed by atoms with Crippen molar-refractivity contribution in [1.29, 1.82) is 0 Å². The van der Waals surface area contributed by atoms with Gasteiger partial charge in [-0.25, -0.2) is 13.1 Å². The van der Waals surface area contributed by atoms with Crippen LogP contribution in [0.3, 0.4) is 0 Å². The van der Waals surface area contributed by atoms with Crippen LogP contribution in [0.15, 0.2) is 23.1 Å². The zero-order chi connectivity index (χ0) is 13.3. The zero-order valence-corrected chi connectivity index (χ0v) is 11.5. The molecule has 1 aromatic rings. The topological polar surface area (TPSA) is 75.4 Å². The van der Waals surface area contributed by atoms with Crippen molar-refractivity contribution in [3.05, 3.63) is 18.2 Å². The first-order chi connectivity index (χ1) is 8.45. The van der Waals surface area contributed by atoms with E-state index in [1.165, 1.54) is 19.5 Å². The van der Waals surface area contributed by atoms with Gasteiger partial charge in [0.05, 0.1) is 16.3 Å². The van der Waals surface area contributed by atoms with E-state index in [-0.39, 0.29) is 4.90 Å². The number of hydrogen-bond acceptors (Lipinski definition) is 4. The Hall–Kier alpha value is -1.27. The van der Waals surface area contributed by atoms with E-state index in [1.54, 1.807) is 12.1 Å². The standard InChI is InChI=1S/C12H19N3O2S/c1-14-18(16,17)10-6-7-11(13)12(8-10)15(2)9-4-3-5-9/h6-9,14H,3-5,13H2,1-2H3. The summed E-state index contributed by atoms with van der Waals surface area (Å²) >= 11 is 0. The van der Waals surface area contributed by atoms with Crippen LogP contribution in [-0.2, 0) is 10.0 Å². The van der Waals surface area contributed by atoms with Gasteiger partial charge >= 0.3 is 0 Å². The molecule has 0 bridgehead atoms. The molecule has 0 atom stereocenters. The first-order valence-corrected chi connectivity index (χ1v) is 7.50. The van der Waals surface area contributed by atoms with Crippen molar-refractivity contribution in [2.45, 2.75) is 30.2 Å². The molecule has 0 amide bonds. The highest BCUT2D eigenvalue weighted by atomic mass is 32.2. The van der Waals surface area contributed by atoms with Crippen molar-refractivity contribution in [3.8, 4) is 0 Å². The van der Waals surface area contributed by atoms with E-state index in [0.717, 1.165) is 18.5 Å². The maximum atomic E-state index is 11.8. The third-order valence-electron chi connectivity index (χ3n) is 3.58. The summed E-state index contributed by atoms with van der Waals surface area (Å²) in [6.07, 6.45) is 3.50. The second-order valence-corrected chi connectivity index (χ2v) is 6.51. The molecule has 1 aliphatic rings. The van der Waals surface area contributed by atoms with E-state index >= 15 is 0 Å². The molecule has 0 unspecified atom stereocenters. The lowest BCUT2D eigenvalue weighted by Gasteiger charge is -2.37. The number of nitrogens with one attached hydrogen (secondary N) is 1. The summed E-state index contributed by atoms with van der Waals surface area (Å²) in [5.41, 5.74) is 7.33. The first-order valence-electron chi connectivity index (χ1n) is 6.01. The monoisotopic (exact) mass is 269 g/mol. The van der Waals surface area contributed by atoms with Crippen molar-refractivity contribution in [2.24, 2.45) is 0 Å². The molecule has 18 heavy (non-hydrogen) atoms. The van der Waals surface area contributed by atoms with E-state index in [4.69, 9.17) is 5.73 Å². The molecule has 1 aliphatic carbocycles. The minimum Gasteiger partial charge on any atom is -0.397 e. The van der Waals surface area contributed by atoms with Crippen LogP contribution in [0, 0.1) is 0 Å². The fourth-order valence-corrected chi connectivity index (χ4v) is 2.83. The third kappa shape index (κ3) is 2.30. The zero-order valence-electron chi connectivity index (χ0n) is 10.7. The third-order valence-corrected chi connectivity index (χ3v) is 5.00. The molecular weight excluding hydrogens is 250 g/mol. The van der Waals surface area contributed by atoms with Gasteiger partial charge < -0.3 is 10.6 Å². The number of nitrogens with zero attached hydrogens (tertiary/aromatic N) is 1.